The van der Waals surface area contributed by atoms with Crippen LogP contribution in [0.5, 0.6) is 0 Å². The average molecular weight is 777 g/mol. The van der Waals surface area contributed by atoms with Crippen LogP contribution in [0.4, 0.5) is 0 Å². The van der Waals surface area contributed by atoms with E-state index in [0.717, 1.165) is 94.1 Å². The zero-order valence-corrected chi connectivity index (χ0v) is 32.7. The number of para-hydroxylation sites is 5. The molecule has 3 aromatic heterocycles. The topological polar surface area (TPSA) is 70.6 Å². The molecule has 0 aliphatic heterocycles. The molecule has 5 heteroatoms. The number of furan rings is 1. The molecule has 12 aromatic rings. The zero-order chi connectivity index (χ0) is 40.6. The van der Waals surface area contributed by atoms with Crippen LogP contribution in [0.3, 0.4) is 0 Å². The maximum absolute atomic E-state index is 10.6. The Hall–Kier alpha value is -8.64. The smallest absolute Gasteiger partial charge is 0.143 e. The molecule has 0 aliphatic rings. The minimum Gasteiger partial charge on any atom is -0.455 e. The molecule has 0 saturated heterocycles. The molecule has 0 amide bonds. The number of nitriles is 2. The largest absolute Gasteiger partial charge is 0.455 e. The van der Waals surface area contributed by atoms with Gasteiger partial charge < -0.3 is 13.6 Å². The van der Waals surface area contributed by atoms with Gasteiger partial charge in [0.25, 0.3) is 0 Å². The summed E-state index contributed by atoms with van der Waals surface area (Å²) in [6, 6.07) is 71.9. The van der Waals surface area contributed by atoms with Gasteiger partial charge in [-0.3, -0.25) is 0 Å². The van der Waals surface area contributed by atoms with Gasteiger partial charge in [-0.15, -0.1) is 0 Å². The van der Waals surface area contributed by atoms with E-state index in [2.05, 4.69) is 161 Å². The summed E-state index contributed by atoms with van der Waals surface area (Å²) >= 11 is 0. The van der Waals surface area contributed by atoms with Gasteiger partial charge in [0.1, 0.15) is 11.2 Å². The van der Waals surface area contributed by atoms with Crippen LogP contribution in [0.2, 0.25) is 0 Å². The molecule has 0 aliphatic carbocycles. The Morgan fingerprint density at radius 2 is 1.03 bits per heavy atom. The Morgan fingerprint density at radius 1 is 0.377 bits per heavy atom. The highest BCUT2D eigenvalue weighted by atomic mass is 16.3. The Balaban J connectivity index is 1.17. The first kappa shape index (κ1) is 34.4. The van der Waals surface area contributed by atoms with E-state index in [4.69, 9.17) is 4.42 Å². The summed E-state index contributed by atoms with van der Waals surface area (Å²) in [6.45, 7) is 0. The number of rotatable bonds is 5. The second-order valence-electron chi connectivity index (χ2n) is 15.5. The van der Waals surface area contributed by atoms with Gasteiger partial charge >= 0.3 is 0 Å². The van der Waals surface area contributed by atoms with Crippen LogP contribution in [0, 0.1) is 22.7 Å². The van der Waals surface area contributed by atoms with Gasteiger partial charge in [0.15, 0.2) is 0 Å². The van der Waals surface area contributed by atoms with E-state index in [1.807, 2.05) is 48.5 Å². The molecular formula is C56H32N4O. The third-order valence-electron chi connectivity index (χ3n) is 12.2. The molecular weight excluding hydrogens is 745 g/mol. The quantitative estimate of drug-likeness (QED) is 0.175. The van der Waals surface area contributed by atoms with Crippen molar-refractivity contribution in [2.24, 2.45) is 0 Å². The third kappa shape index (κ3) is 5.18. The second-order valence-corrected chi connectivity index (χ2v) is 15.5. The molecule has 0 bridgehead atoms. The molecule has 0 N–H and O–H groups in total. The summed E-state index contributed by atoms with van der Waals surface area (Å²) in [6.07, 6.45) is 0. The molecule has 0 saturated carbocycles. The lowest BCUT2D eigenvalue weighted by Crippen LogP contribution is -1.97. The maximum atomic E-state index is 10.6. The Labute approximate surface area is 350 Å². The van der Waals surface area contributed by atoms with Gasteiger partial charge in [0.05, 0.1) is 45.3 Å². The summed E-state index contributed by atoms with van der Waals surface area (Å²) in [5, 5.41) is 27.4. The third-order valence-corrected chi connectivity index (χ3v) is 12.2. The van der Waals surface area contributed by atoms with E-state index in [1.54, 1.807) is 6.07 Å². The van der Waals surface area contributed by atoms with Gasteiger partial charge in [-0.2, -0.15) is 10.5 Å². The van der Waals surface area contributed by atoms with E-state index in [-0.39, 0.29) is 0 Å². The molecule has 0 fully saturated rings. The van der Waals surface area contributed by atoms with Gasteiger partial charge in [-0.1, -0.05) is 127 Å². The number of aromatic nitrogens is 2. The molecule has 12 rings (SSSR count). The average Bonchev–Trinajstić information content (AvgIpc) is 3.99. The Bertz CT molecular complexity index is 3850. The molecule has 0 radical (unpaired) electrons. The highest BCUT2D eigenvalue weighted by molar-refractivity contribution is 6.26. The predicted octanol–water partition coefficient (Wildman–Crippen LogP) is 14.5. The monoisotopic (exact) mass is 776 g/mol. The van der Waals surface area contributed by atoms with E-state index >= 15 is 0 Å². The van der Waals surface area contributed by atoms with Crippen molar-refractivity contribution in [1.29, 1.82) is 10.5 Å². The summed E-state index contributed by atoms with van der Waals surface area (Å²) in [5.41, 5.74) is 14.5. The van der Waals surface area contributed by atoms with Crippen molar-refractivity contribution in [3.8, 4) is 56.9 Å². The minimum atomic E-state index is 0.500. The standard InChI is InChI=1S/C56H32N4O/c57-33-36-13-4-5-16-42(36)43-26-25-35(29-39(43)34-58)37-30-38(44-20-12-21-48-46-18-8-11-24-53(46)61-56(44)48)32-41(31-37)59-51-23-10-7-19-49(51)54-52(59)28-27-47-45-17-6-9-22-50(45)60(55(47)54)40-14-2-1-3-15-40/h1-32H. The van der Waals surface area contributed by atoms with Crippen LogP contribution in [-0.2, 0) is 0 Å². The maximum Gasteiger partial charge on any atom is 0.143 e. The number of benzene rings is 9. The summed E-state index contributed by atoms with van der Waals surface area (Å²) in [4.78, 5) is 0. The van der Waals surface area contributed by atoms with Gasteiger partial charge in [-0.25, -0.2) is 0 Å². The van der Waals surface area contributed by atoms with Crippen LogP contribution in [0.1, 0.15) is 11.1 Å². The summed E-state index contributed by atoms with van der Waals surface area (Å²) < 4.78 is 11.4. The van der Waals surface area contributed by atoms with Crippen LogP contribution < -0.4 is 0 Å². The molecule has 0 spiro atoms. The molecule has 282 valence electrons. The van der Waals surface area contributed by atoms with E-state index in [9.17, 15) is 10.5 Å². The van der Waals surface area contributed by atoms with Crippen LogP contribution in [0.15, 0.2) is 199 Å². The second kappa shape index (κ2) is 13.5. The first-order valence-electron chi connectivity index (χ1n) is 20.3. The first-order valence-corrected chi connectivity index (χ1v) is 20.3. The van der Waals surface area contributed by atoms with Crippen LogP contribution >= 0.6 is 0 Å². The Morgan fingerprint density at radius 3 is 1.87 bits per heavy atom. The molecule has 61 heavy (non-hydrogen) atoms. The van der Waals surface area contributed by atoms with Crippen molar-refractivity contribution < 1.29 is 4.42 Å². The van der Waals surface area contributed by atoms with Gasteiger partial charge in [-0.05, 0) is 83.4 Å². The van der Waals surface area contributed by atoms with E-state index in [1.165, 1.54) is 16.2 Å². The number of hydrogen-bond donors (Lipinski definition) is 0. The van der Waals surface area contributed by atoms with Crippen molar-refractivity contribution in [1.82, 2.24) is 9.13 Å². The lowest BCUT2D eigenvalue weighted by molar-refractivity contribution is 0.670. The highest BCUT2D eigenvalue weighted by Crippen LogP contribution is 2.44. The van der Waals surface area contributed by atoms with E-state index < -0.39 is 0 Å². The fourth-order valence-corrected chi connectivity index (χ4v) is 9.54. The minimum absolute atomic E-state index is 0.500. The van der Waals surface area contributed by atoms with Crippen molar-refractivity contribution in [3.05, 3.63) is 205 Å². The number of hydrogen-bond acceptors (Lipinski definition) is 3. The molecule has 0 atom stereocenters. The zero-order valence-electron chi connectivity index (χ0n) is 32.7. The lowest BCUT2D eigenvalue weighted by atomic mass is 9.91. The van der Waals surface area contributed by atoms with Crippen molar-refractivity contribution in [3.63, 3.8) is 0 Å². The van der Waals surface area contributed by atoms with Gasteiger partial charge in [0.2, 0.25) is 0 Å². The fraction of sp³-hybridized carbons (Fsp3) is 0. The lowest BCUT2D eigenvalue weighted by Gasteiger charge is -2.15. The highest BCUT2D eigenvalue weighted by Gasteiger charge is 2.22. The van der Waals surface area contributed by atoms with Crippen LogP contribution in [0.25, 0.3) is 110 Å². The molecule has 5 nitrogen and oxygen atoms in total. The van der Waals surface area contributed by atoms with Gasteiger partial charge in [0, 0.05) is 60.4 Å². The normalized spacial score (nSPS) is 11.6. The molecule has 0 unspecified atom stereocenters. The predicted molar refractivity (Wildman–Crippen MR) is 248 cm³/mol. The first-order chi connectivity index (χ1) is 30.2. The fourth-order valence-electron chi connectivity index (χ4n) is 9.54. The Kier molecular flexibility index (Phi) is 7.59. The molecule has 3 heterocycles. The number of nitrogens with zero attached hydrogens (tertiary/aromatic N) is 4. The number of fused-ring (bicyclic) bond motifs is 10. The van der Waals surface area contributed by atoms with Crippen LogP contribution in [-0.4, -0.2) is 9.13 Å². The summed E-state index contributed by atoms with van der Waals surface area (Å²) in [5.74, 6) is 0. The SMILES string of the molecule is N#Cc1ccccc1-c1ccc(-c2cc(-c3cccc4c3oc3ccccc34)cc(-n3c4ccccc4c4c3ccc3c5ccccc5n(-c5ccccc5)c34)c2)cc1C#N. The van der Waals surface area contributed by atoms with E-state index in [0.29, 0.717) is 11.1 Å². The van der Waals surface area contributed by atoms with Crippen molar-refractivity contribution in [2.45, 2.75) is 0 Å². The molecule has 9 aromatic carbocycles. The van der Waals surface area contributed by atoms with Crippen molar-refractivity contribution >= 4 is 65.6 Å². The summed E-state index contributed by atoms with van der Waals surface area (Å²) in [7, 11) is 0. The van der Waals surface area contributed by atoms with Crippen molar-refractivity contribution in [2.75, 3.05) is 0 Å².